The molecule has 1 amide bonds. The second-order valence-corrected chi connectivity index (χ2v) is 4.13. The number of carbonyl (C=O) groups is 2. The molecule has 0 atom stereocenters. The van der Waals surface area contributed by atoms with E-state index in [1.54, 1.807) is 18.2 Å². The van der Waals surface area contributed by atoms with Crippen molar-refractivity contribution in [2.75, 3.05) is 13.2 Å². The Kier molecular flexibility index (Phi) is 3.82. The van der Waals surface area contributed by atoms with Gasteiger partial charge in [0.2, 0.25) is 0 Å². The van der Waals surface area contributed by atoms with Crippen LogP contribution in [0.3, 0.4) is 0 Å². The van der Waals surface area contributed by atoms with Crippen LogP contribution in [-0.2, 0) is 11.2 Å². The molecule has 1 aromatic rings. The molecule has 18 heavy (non-hydrogen) atoms. The van der Waals surface area contributed by atoms with E-state index in [0.29, 0.717) is 17.9 Å². The van der Waals surface area contributed by atoms with Crippen molar-refractivity contribution in [1.29, 1.82) is 0 Å². The fraction of sp³-hybridized carbons (Fsp3) is 0.385. The normalized spacial score (nSPS) is 14.3. The lowest BCUT2D eigenvalue weighted by molar-refractivity contribution is -0.137. The molecule has 0 unspecified atom stereocenters. The van der Waals surface area contributed by atoms with Gasteiger partial charge < -0.3 is 15.2 Å². The van der Waals surface area contributed by atoms with Gasteiger partial charge in [-0.05, 0) is 25.0 Å². The molecule has 1 aliphatic rings. The van der Waals surface area contributed by atoms with Crippen LogP contribution in [0.1, 0.15) is 28.8 Å². The summed E-state index contributed by atoms with van der Waals surface area (Å²) >= 11 is 0. The molecule has 1 heterocycles. The van der Waals surface area contributed by atoms with Crippen LogP contribution in [0.15, 0.2) is 18.2 Å². The molecule has 5 heteroatoms. The van der Waals surface area contributed by atoms with Crippen LogP contribution >= 0.6 is 0 Å². The fourth-order valence-electron chi connectivity index (χ4n) is 1.98. The molecule has 1 aromatic carbocycles. The quantitative estimate of drug-likeness (QED) is 0.841. The highest BCUT2D eigenvalue weighted by molar-refractivity contribution is 5.96. The number of aliphatic carboxylic acids is 1. The molecule has 0 radical (unpaired) electrons. The van der Waals surface area contributed by atoms with Crippen molar-refractivity contribution in [3.63, 3.8) is 0 Å². The lowest BCUT2D eigenvalue weighted by atomic mass is 10.0. The summed E-state index contributed by atoms with van der Waals surface area (Å²) in [7, 11) is 0. The van der Waals surface area contributed by atoms with E-state index in [-0.39, 0.29) is 18.9 Å². The lowest BCUT2D eigenvalue weighted by Crippen LogP contribution is -2.22. The highest BCUT2D eigenvalue weighted by atomic mass is 16.5. The van der Waals surface area contributed by atoms with Gasteiger partial charge in [0.05, 0.1) is 13.0 Å². The summed E-state index contributed by atoms with van der Waals surface area (Å²) < 4.78 is 5.46. The molecule has 0 saturated carbocycles. The van der Waals surface area contributed by atoms with E-state index in [2.05, 4.69) is 5.32 Å². The third-order valence-corrected chi connectivity index (χ3v) is 2.84. The largest absolute Gasteiger partial charge is 0.493 e. The second kappa shape index (κ2) is 5.53. The topological polar surface area (TPSA) is 75.6 Å². The van der Waals surface area contributed by atoms with E-state index in [9.17, 15) is 9.59 Å². The van der Waals surface area contributed by atoms with E-state index < -0.39 is 5.97 Å². The standard InChI is InChI=1S/C13H15NO4/c15-12(16)6-8-18-11-5-1-3-10-9(11)4-2-7-14-13(10)17/h1,3,5H,2,4,6-8H2,(H,14,17)(H,15,16). The number of fused-ring (bicyclic) bond motifs is 1. The first-order valence-corrected chi connectivity index (χ1v) is 5.93. The van der Waals surface area contributed by atoms with E-state index in [1.165, 1.54) is 0 Å². The molecule has 96 valence electrons. The minimum absolute atomic E-state index is 0.0458. The number of ether oxygens (including phenoxy) is 1. The number of hydrogen-bond acceptors (Lipinski definition) is 3. The van der Waals surface area contributed by atoms with Crippen molar-refractivity contribution >= 4 is 11.9 Å². The molecular formula is C13H15NO4. The summed E-state index contributed by atoms with van der Waals surface area (Å²) in [4.78, 5) is 22.2. The Labute approximate surface area is 105 Å². The van der Waals surface area contributed by atoms with Gasteiger partial charge in [0.25, 0.3) is 5.91 Å². The van der Waals surface area contributed by atoms with Gasteiger partial charge in [-0.3, -0.25) is 9.59 Å². The summed E-state index contributed by atoms with van der Waals surface area (Å²) in [6.07, 6.45) is 1.57. The monoisotopic (exact) mass is 249 g/mol. The number of carboxylic acid groups (broad SMARTS) is 1. The van der Waals surface area contributed by atoms with Crippen LogP contribution in [0.2, 0.25) is 0 Å². The summed E-state index contributed by atoms with van der Waals surface area (Å²) in [5, 5.41) is 11.4. The first-order valence-electron chi connectivity index (χ1n) is 5.93. The van der Waals surface area contributed by atoms with Crippen LogP contribution in [-0.4, -0.2) is 30.1 Å². The number of benzene rings is 1. The molecule has 0 aliphatic carbocycles. The first kappa shape index (κ1) is 12.4. The van der Waals surface area contributed by atoms with Crippen molar-refractivity contribution in [3.05, 3.63) is 29.3 Å². The highest BCUT2D eigenvalue weighted by Crippen LogP contribution is 2.25. The lowest BCUT2D eigenvalue weighted by Gasteiger charge is -2.12. The van der Waals surface area contributed by atoms with E-state index in [0.717, 1.165) is 18.4 Å². The molecular weight excluding hydrogens is 234 g/mol. The van der Waals surface area contributed by atoms with Gasteiger partial charge in [-0.1, -0.05) is 6.07 Å². The fourth-order valence-corrected chi connectivity index (χ4v) is 1.98. The Bertz CT molecular complexity index is 470. The van der Waals surface area contributed by atoms with Gasteiger partial charge in [-0.2, -0.15) is 0 Å². The molecule has 1 aliphatic heterocycles. The molecule has 0 saturated heterocycles. The van der Waals surface area contributed by atoms with Gasteiger partial charge in [-0.25, -0.2) is 0 Å². The molecule has 0 spiro atoms. The van der Waals surface area contributed by atoms with E-state index in [4.69, 9.17) is 9.84 Å². The maximum absolute atomic E-state index is 11.8. The predicted molar refractivity (Wildman–Crippen MR) is 64.8 cm³/mol. The Morgan fingerprint density at radius 2 is 2.28 bits per heavy atom. The van der Waals surface area contributed by atoms with Crippen molar-refractivity contribution in [2.24, 2.45) is 0 Å². The van der Waals surface area contributed by atoms with Crippen molar-refractivity contribution in [1.82, 2.24) is 5.32 Å². The number of nitrogens with one attached hydrogen (secondary N) is 1. The van der Waals surface area contributed by atoms with Gasteiger partial charge in [0, 0.05) is 17.7 Å². The summed E-state index contributed by atoms with van der Waals surface area (Å²) in [6, 6.07) is 5.29. The minimum atomic E-state index is -0.894. The minimum Gasteiger partial charge on any atom is -0.493 e. The average molecular weight is 249 g/mol. The van der Waals surface area contributed by atoms with Crippen LogP contribution in [0.4, 0.5) is 0 Å². The van der Waals surface area contributed by atoms with E-state index in [1.807, 2.05) is 0 Å². The van der Waals surface area contributed by atoms with Gasteiger partial charge in [-0.15, -0.1) is 0 Å². The van der Waals surface area contributed by atoms with Crippen molar-refractivity contribution in [3.8, 4) is 5.75 Å². The molecule has 0 fully saturated rings. The Hall–Kier alpha value is -2.04. The zero-order valence-corrected chi connectivity index (χ0v) is 9.94. The molecule has 5 nitrogen and oxygen atoms in total. The molecule has 2 rings (SSSR count). The summed E-state index contributed by atoms with van der Waals surface area (Å²) in [6.45, 7) is 0.773. The highest BCUT2D eigenvalue weighted by Gasteiger charge is 2.18. The van der Waals surface area contributed by atoms with Crippen LogP contribution in [0, 0.1) is 0 Å². The van der Waals surface area contributed by atoms with Gasteiger partial charge >= 0.3 is 5.97 Å². The summed E-state index contributed by atoms with van der Waals surface area (Å²) in [5.74, 6) is -0.369. The smallest absolute Gasteiger partial charge is 0.306 e. The Balaban J connectivity index is 2.18. The number of hydrogen-bond donors (Lipinski definition) is 2. The van der Waals surface area contributed by atoms with Crippen LogP contribution in [0.5, 0.6) is 5.75 Å². The maximum Gasteiger partial charge on any atom is 0.306 e. The first-order chi connectivity index (χ1) is 8.68. The maximum atomic E-state index is 11.8. The number of carboxylic acids is 1. The molecule has 2 N–H and O–H groups in total. The molecule has 0 bridgehead atoms. The Morgan fingerprint density at radius 1 is 1.44 bits per heavy atom. The van der Waals surface area contributed by atoms with Gasteiger partial charge in [0.1, 0.15) is 5.75 Å². The number of amides is 1. The molecule has 0 aromatic heterocycles. The zero-order valence-electron chi connectivity index (χ0n) is 9.94. The van der Waals surface area contributed by atoms with Crippen molar-refractivity contribution < 1.29 is 19.4 Å². The van der Waals surface area contributed by atoms with Crippen molar-refractivity contribution in [2.45, 2.75) is 19.3 Å². The second-order valence-electron chi connectivity index (χ2n) is 4.13. The van der Waals surface area contributed by atoms with E-state index >= 15 is 0 Å². The number of carbonyl (C=O) groups excluding carboxylic acids is 1. The van der Waals surface area contributed by atoms with Gasteiger partial charge in [0.15, 0.2) is 0 Å². The SMILES string of the molecule is O=C(O)CCOc1cccc2c1CCCNC2=O. The Morgan fingerprint density at radius 3 is 3.06 bits per heavy atom. The number of rotatable bonds is 4. The summed E-state index contributed by atoms with van der Waals surface area (Å²) in [5.41, 5.74) is 1.50. The third kappa shape index (κ3) is 2.80. The third-order valence-electron chi connectivity index (χ3n) is 2.84. The predicted octanol–water partition coefficient (Wildman–Crippen LogP) is 1.22. The van der Waals surface area contributed by atoms with Crippen LogP contribution in [0.25, 0.3) is 0 Å². The van der Waals surface area contributed by atoms with Crippen LogP contribution < -0.4 is 10.1 Å². The average Bonchev–Trinajstić information content (AvgIpc) is 2.52. The zero-order chi connectivity index (χ0) is 13.0.